The molecule has 2 saturated heterocycles. The average Bonchev–Trinajstić information content (AvgIpc) is 2.74. The Labute approximate surface area is 185 Å². The molecule has 2 amide bonds. The first-order valence-electron chi connectivity index (χ1n) is 9.54. The van der Waals surface area contributed by atoms with Crippen molar-refractivity contribution in [3.63, 3.8) is 0 Å². The third kappa shape index (κ3) is 4.09. The first-order valence-corrected chi connectivity index (χ1v) is 10.3. The molecule has 6 nitrogen and oxygen atoms in total. The molecule has 0 atom stereocenters. The minimum atomic E-state index is -0.508. The van der Waals surface area contributed by atoms with E-state index in [1.807, 2.05) is 19.1 Å². The van der Waals surface area contributed by atoms with E-state index in [-0.39, 0.29) is 10.7 Å². The van der Waals surface area contributed by atoms with Crippen molar-refractivity contribution in [1.29, 1.82) is 0 Å². The van der Waals surface area contributed by atoms with E-state index in [2.05, 4.69) is 16.3 Å². The molecule has 2 heterocycles. The third-order valence-electron chi connectivity index (χ3n) is 5.12. The quantitative estimate of drug-likeness (QED) is 0.450. The number of carbonyl (C=O) groups excluding carboxylic acids is 2. The van der Waals surface area contributed by atoms with E-state index in [9.17, 15) is 9.59 Å². The van der Waals surface area contributed by atoms with Crippen LogP contribution in [0.2, 0.25) is 5.02 Å². The minimum Gasteiger partial charge on any atom is -0.378 e. The molecule has 0 aliphatic carbocycles. The molecule has 0 bridgehead atoms. The monoisotopic (exact) mass is 441 g/mol. The Morgan fingerprint density at radius 3 is 2.40 bits per heavy atom. The summed E-state index contributed by atoms with van der Waals surface area (Å²) in [6.07, 6.45) is 1.61. The van der Waals surface area contributed by atoms with Gasteiger partial charge in [-0.25, -0.2) is 0 Å². The van der Waals surface area contributed by atoms with Crippen molar-refractivity contribution in [2.24, 2.45) is 0 Å². The van der Waals surface area contributed by atoms with E-state index < -0.39 is 11.8 Å². The average molecular weight is 442 g/mol. The lowest BCUT2D eigenvalue weighted by Crippen LogP contribution is -2.54. The molecule has 0 saturated carbocycles. The van der Waals surface area contributed by atoms with Crippen molar-refractivity contribution in [3.8, 4) is 0 Å². The van der Waals surface area contributed by atoms with Crippen LogP contribution in [0.15, 0.2) is 48.0 Å². The largest absolute Gasteiger partial charge is 0.378 e. The van der Waals surface area contributed by atoms with Crippen LogP contribution in [0.4, 0.5) is 11.4 Å². The van der Waals surface area contributed by atoms with Crippen LogP contribution in [0.1, 0.15) is 11.1 Å². The number of thiocarbonyl (C=S) groups is 1. The number of anilines is 2. The molecule has 0 unspecified atom stereocenters. The molecule has 1 N–H and O–H groups in total. The number of carbonyl (C=O) groups is 2. The Bertz CT molecular complexity index is 1050. The summed E-state index contributed by atoms with van der Waals surface area (Å²) in [5.41, 5.74) is 3.44. The van der Waals surface area contributed by atoms with Gasteiger partial charge in [0.25, 0.3) is 11.8 Å². The summed E-state index contributed by atoms with van der Waals surface area (Å²) in [5, 5.41) is 3.19. The van der Waals surface area contributed by atoms with Crippen LogP contribution in [0.3, 0.4) is 0 Å². The van der Waals surface area contributed by atoms with Gasteiger partial charge in [0.2, 0.25) is 0 Å². The van der Waals surface area contributed by atoms with Gasteiger partial charge in [0.05, 0.1) is 18.9 Å². The Balaban J connectivity index is 1.64. The maximum Gasteiger partial charge on any atom is 0.270 e. The van der Waals surface area contributed by atoms with E-state index in [0.29, 0.717) is 23.9 Å². The van der Waals surface area contributed by atoms with E-state index in [0.717, 1.165) is 29.9 Å². The molecular weight excluding hydrogens is 422 g/mol. The number of hydrogen-bond acceptors (Lipinski definition) is 5. The first-order chi connectivity index (χ1) is 14.4. The van der Waals surface area contributed by atoms with Crippen LogP contribution in [-0.4, -0.2) is 43.2 Å². The summed E-state index contributed by atoms with van der Waals surface area (Å²) in [7, 11) is 0. The molecule has 30 heavy (non-hydrogen) atoms. The van der Waals surface area contributed by atoms with Crippen molar-refractivity contribution in [3.05, 3.63) is 64.2 Å². The molecular formula is C22H20ClN3O3S. The predicted octanol–water partition coefficient (Wildman–Crippen LogP) is 3.32. The van der Waals surface area contributed by atoms with Gasteiger partial charge < -0.3 is 9.64 Å². The molecule has 2 aromatic carbocycles. The molecule has 2 aliphatic heterocycles. The van der Waals surface area contributed by atoms with Crippen LogP contribution >= 0.6 is 23.8 Å². The normalized spacial score (nSPS) is 18.7. The van der Waals surface area contributed by atoms with Gasteiger partial charge in [-0.2, -0.15) is 0 Å². The van der Waals surface area contributed by atoms with Crippen molar-refractivity contribution in [2.45, 2.75) is 6.92 Å². The van der Waals surface area contributed by atoms with Crippen LogP contribution in [-0.2, 0) is 14.3 Å². The van der Waals surface area contributed by atoms with Crippen LogP contribution in [0, 0.1) is 6.92 Å². The van der Waals surface area contributed by atoms with Crippen LogP contribution in [0.25, 0.3) is 6.08 Å². The molecule has 0 spiro atoms. The molecule has 2 fully saturated rings. The highest BCUT2D eigenvalue weighted by Crippen LogP contribution is 2.26. The second-order valence-corrected chi connectivity index (χ2v) is 7.90. The molecule has 154 valence electrons. The van der Waals surface area contributed by atoms with Gasteiger partial charge >= 0.3 is 0 Å². The topological polar surface area (TPSA) is 61.9 Å². The number of morpholine rings is 1. The van der Waals surface area contributed by atoms with E-state index in [1.54, 1.807) is 30.3 Å². The fourth-order valence-corrected chi connectivity index (χ4v) is 3.88. The summed E-state index contributed by atoms with van der Waals surface area (Å²) in [4.78, 5) is 29.2. The molecule has 0 aromatic heterocycles. The van der Waals surface area contributed by atoms with Gasteiger partial charge in [0.1, 0.15) is 5.57 Å². The zero-order valence-corrected chi connectivity index (χ0v) is 17.9. The number of nitrogens with one attached hydrogen (secondary N) is 1. The SMILES string of the molecule is Cc1cc(N2CCOCC2)ccc1/C=C1/C(=O)NC(=S)N(c2ccc(Cl)cc2)C1=O. The second-order valence-electron chi connectivity index (χ2n) is 7.07. The van der Waals surface area contributed by atoms with Crippen LogP contribution < -0.4 is 15.1 Å². The third-order valence-corrected chi connectivity index (χ3v) is 5.65. The standard InChI is InChI=1S/C22H20ClN3O3S/c1-14-12-18(25-8-10-29-11-9-25)5-2-15(14)13-19-20(27)24-22(30)26(21(19)28)17-6-3-16(23)4-7-17/h2-7,12-13H,8-11H2,1H3,(H,24,27,30)/b19-13-. The highest BCUT2D eigenvalue weighted by molar-refractivity contribution is 7.80. The first kappa shape index (κ1) is 20.5. The van der Waals surface area contributed by atoms with Gasteiger partial charge in [0, 0.05) is 23.8 Å². The Morgan fingerprint density at radius 2 is 1.73 bits per heavy atom. The maximum atomic E-state index is 13.1. The number of ether oxygens (including phenoxy) is 1. The number of benzene rings is 2. The number of aryl methyl sites for hydroxylation is 1. The number of halogens is 1. The van der Waals surface area contributed by atoms with Gasteiger partial charge in [-0.15, -0.1) is 0 Å². The fourth-order valence-electron chi connectivity index (χ4n) is 3.48. The predicted molar refractivity (Wildman–Crippen MR) is 122 cm³/mol. The molecule has 2 aliphatic rings. The lowest BCUT2D eigenvalue weighted by Gasteiger charge is -2.30. The van der Waals surface area contributed by atoms with Gasteiger partial charge in [-0.1, -0.05) is 17.7 Å². The number of amides is 2. The Hall–Kier alpha value is -2.74. The van der Waals surface area contributed by atoms with Crippen molar-refractivity contribution in [2.75, 3.05) is 36.1 Å². The summed E-state index contributed by atoms with van der Waals surface area (Å²) in [5.74, 6) is -0.977. The van der Waals surface area contributed by atoms with E-state index in [1.165, 1.54) is 4.90 Å². The van der Waals surface area contributed by atoms with Crippen molar-refractivity contribution in [1.82, 2.24) is 5.32 Å². The molecule has 2 aromatic rings. The summed E-state index contributed by atoms with van der Waals surface area (Å²) in [6, 6.07) is 12.7. The maximum absolute atomic E-state index is 13.1. The minimum absolute atomic E-state index is 0.0285. The van der Waals surface area contributed by atoms with Crippen LogP contribution in [0.5, 0.6) is 0 Å². The van der Waals surface area contributed by atoms with Crippen molar-refractivity contribution >= 4 is 58.2 Å². The summed E-state index contributed by atoms with van der Waals surface area (Å²) in [6.45, 7) is 5.06. The Kier molecular flexibility index (Phi) is 5.85. The van der Waals surface area contributed by atoms with E-state index >= 15 is 0 Å². The summed E-state index contributed by atoms with van der Waals surface area (Å²) >= 11 is 11.2. The second kappa shape index (κ2) is 8.55. The molecule has 0 radical (unpaired) electrons. The molecule has 8 heteroatoms. The number of hydrogen-bond donors (Lipinski definition) is 1. The highest BCUT2D eigenvalue weighted by atomic mass is 35.5. The number of rotatable bonds is 3. The number of nitrogens with zero attached hydrogens (tertiary/aromatic N) is 2. The van der Waals surface area contributed by atoms with E-state index in [4.69, 9.17) is 28.6 Å². The van der Waals surface area contributed by atoms with Crippen molar-refractivity contribution < 1.29 is 14.3 Å². The van der Waals surface area contributed by atoms with Gasteiger partial charge in [0.15, 0.2) is 5.11 Å². The lowest BCUT2D eigenvalue weighted by molar-refractivity contribution is -0.122. The highest BCUT2D eigenvalue weighted by Gasteiger charge is 2.34. The smallest absolute Gasteiger partial charge is 0.270 e. The molecule has 4 rings (SSSR count). The van der Waals surface area contributed by atoms with Gasteiger partial charge in [-0.3, -0.25) is 19.8 Å². The van der Waals surface area contributed by atoms with Gasteiger partial charge in [-0.05, 0) is 72.7 Å². The zero-order valence-electron chi connectivity index (χ0n) is 16.4. The fraction of sp³-hybridized carbons (Fsp3) is 0.227. The zero-order chi connectivity index (χ0) is 21.3. The lowest BCUT2D eigenvalue weighted by atomic mass is 10.0. The summed E-state index contributed by atoms with van der Waals surface area (Å²) < 4.78 is 5.41. The Morgan fingerprint density at radius 1 is 1.07 bits per heavy atom.